The van der Waals surface area contributed by atoms with Crippen molar-refractivity contribution in [3.63, 3.8) is 0 Å². The van der Waals surface area contributed by atoms with Crippen LogP contribution in [-0.2, 0) is 9.53 Å². The number of allylic oxidation sites excluding steroid dienone is 9. The highest BCUT2D eigenvalue weighted by Crippen LogP contribution is 2.58. The third kappa shape index (κ3) is 4.39. The van der Waals surface area contributed by atoms with Gasteiger partial charge in [-0.15, -0.1) is 0 Å². The molecular weight excluding hydrogens is 364 g/mol. The summed E-state index contributed by atoms with van der Waals surface area (Å²) in [6, 6.07) is 0. The minimum atomic E-state index is -0.960. The van der Waals surface area contributed by atoms with Crippen molar-refractivity contribution in [1.82, 2.24) is 0 Å². The molecule has 4 nitrogen and oxygen atoms in total. The fourth-order valence-electron chi connectivity index (χ4n) is 4.95. The second-order valence-corrected chi connectivity index (χ2v) is 8.51. The number of carbonyl (C=O) groups is 1. The molecule has 0 unspecified atom stereocenters. The van der Waals surface area contributed by atoms with Gasteiger partial charge >= 0.3 is 5.97 Å². The highest BCUT2D eigenvalue weighted by atomic mass is 16.6. The smallest absolute Gasteiger partial charge is 0.328 e. The quantitative estimate of drug-likeness (QED) is 0.294. The number of rotatable bonds is 6. The van der Waals surface area contributed by atoms with Crippen LogP contribution in [0.3, 0.4) is 0 Å². The van der Waals surface area contributed by atoms with E-state index in [2.05, 4.69) is 19.1 Å². The van der Waals surface area contributed by atoms with Gasteiger partial charge in [-0.1, -0.05) is 59.8 Å². The van der Waals surface area contributed by atoms with E-state index in [9.17, 15) is 9.90 Å². The first-order valence-corrected chi connectivity index (χ1v) is 10.4. The number of carboxylic acids is 1. The van der Waals surface area contributed by atoms with Crippen molar-refractivity contribution in [3.05, 3.63) is 71.4 Å². The van der Waals surface area contributed by atoms with Gasteiger partial charge in [-0.05, 0) is 57.9 Å². The van der Waals surface area contributed by atoms with Gasteiger partial charge in [-0.2, -0.15) is 0 Å². The van der Waals surface area contributed by atoms with Crippen LogP contribution in [0, 0.1) is 17.8 Å². The van der Waals surface area contributed by atoms with E-state index in [1.807, 2.05) is 45.1 Å². The first kappa shape index (κ1) is 21.5. The predicted octanol–water partition coefficient (Wildman–Crippen LogP) is 4.75. The van der Waals surface area contributed by atoms with Crippen molar-refractivity contribution in [2.75, 3.05) is 0 Å². The lowest BCUT2D eigenvalue weighted by Gasteiger charge is -2.47. The summed E-state index contributed by atoms with van der Waals surface area (Å²) < 4.78 is 6.04. The molecule has 0 amide bonds. The molecule has 0 bridgehead atoms. The molecule has 1 aliphatic heterocycles. The molecule has 3 aliphatic rings. The predicted molar refractivity (Wildman–Crippen MR) is 115 cm³/mol. The van der Waals surface area contributed by atoms with Crippen LogP contribution in [0.1, 0.15) is 40.5 Å². The fourth-order valence-corrected chi connectivity index (χ4v) is 4.95. The van der Waals surface area contributed by atoms with Gasteiger partial charge in [-0.25, -0.2) is 4.79 Å². The third-order valence-corrected chi connectivity index (χ3v) is 6.65. The number of aliphatic hydroxyl groups is 1. The molecule has 4 heteroatoms. The average Bonchev–Trinajstić information content (AvgIpc) is 3.49. The van der Waals surface area contributed by atoms with E-state index in [4.69, 9.17) is 9.84 Å². The van der Waals surface area contributed by atoms with Crippen molar-refractivity contribution >= 4 is 5.97 Å². The summed E-state index contributed by atoms with van der Waals surface area (Å²) >= 11 is 0. The Hall–Kier alpha value is -2.17. The Morgan fingerprint density at radius 3 is 2.62 bits per heavy atom. The van der Waals surface area contributed by atoms with Gasteiger partial charge in [0.05, 0.1) is 6.10 Å². The number of aliphatic carboxylic acids is 1. The molecule has 1 saturated carbocycles. The van der Waals surface area contributed by atoms with E-state index < -0.39 is 11.6 Å². The number of carboxylic acid groups (broad SMARTS) is 1. The van der Waals surface area contributed by atoms with E-state index in [1.165, 1.54) is 11.6 Å². The Morgan fingerprint density at radius 1 is 1.21 bits per heavy atom. The summed E-state index contributed by atoms with van der Waals surface area (Å²) in [5.41, 5.74) is 2.45. The van der Waals surface area contributed by atoms with Crippen molar-refractivity contribution in [3.8, 4) is 0 Å². The van der Waals surface area contributed by atoms with E-state index in [1.54, 1.807) is 6.08 Å². The average molecular weight is 397 g/mol. The molecule has 6 atom stereocenters. The molecule has 2 fully saturated rings. The molecule has 0 spiro atoms. The molecule has 0 radical (unpaired) electrons. The summed E-state index contributed by atoms with van der Waals surface area (Å²) in [4.78, 5) is 10.5. The summed E-state index contributed by atoms with van der Waals surface area (Å²) in [5.74, 6) is -0.132. The van der Waals surface area contributed by atoms with Crippen LogP contribution in [0.5, 0.6) is 0 Å². The van der Waals surface area contributed by atoms with Crippen molar-refractivity contribution in [2.45, 2.75) is 58.3 Å². The van der Waals surface area contributed by atoms with Crippen molar-refractivity contribution in [1.29, 1.82) is 0 Å². The first-order chi connectivity index (χ1) is 13.8. The normalized spacial score (nSPS) is 37.7. The molecule has 0 aromatic heterocycles. The van der Waals surface area contributed by atoms with Crippen LogP contribution in [0.25, 0.3) is 0 Å². The SMILES string of the molecule is C/C=C(\C)[C@@]1(O)[C@@H](/C=C/C=C(C)\C=C\C=C\C(=O)O)[C@@H]2CC=C(C)C[C@H]2[C@@H]2O[C@@H]21. The first-order valence-electron chi connectivity index (χ1n) is 10.4. The van der Waals surface area contributed by atoms with Gasteiger partial charge in [0.25, 0.3) is 0 Å². The van der Waals surface area contributed by atoms with Gasteiger partial charge in [0, 0.05) is 12.0 Å². The maximum absolute atomic E-state index is 11.7. The molecule has 156 valence electrons. The van der Waals surface area contributed by atoms with Crippen molar-refractivity contribution in [2.24, 2.45) is 17.8 Å². The van der Waals surface area contributed by atoms with Gasteiger partial charge in [0.15, 0.2) is 0 Å². The topological polar surface area (TPSA) is 70.1 Å². The van der Waals surface area contributed by atoms with Gasteiger partial charge in [-0.3, -0.25) is 0 Å². The van der Waals surface area contributed by atoms with Crippen molar-refractivity contribution < 1.29 is 19.7 Å². The monoisotopic (exact) mass is 396 g/mol. The van der Waals surface area contributed by atoms with Gasteiger partial charge in [0.1, 0.15) is 11.7 Å². The van der Waals surface area contributed by atoms with Crippen LogP contribution in [0.4, 0.5) is 0 Å². The van der Waals surface area contributed by atoms with Crippen LogP contribution in [-0.4, -0.2) is 34.0 Å². The maximum atomic E-state index is 11.7. The van der Waals surface area contributed by atoms with Gasteiger partial charge < -0.3 is 14.9 Å². The zero-order valence-corrected chi connectivity index (χ0v) is 17.7. The zero-order valence-electron chi connectivity index (χ0n) is 17.7. The number of hydrogen-bond donors (Lipinski definition) is 2. The maximum Gasteiger partial charge on any atom is 0.328 e. The summed E-state index contributed by atoms with van der Waals surface area (Å²) in [5, 5.41) is 20.4. The van der Waals surface area contributed by atoms with Crippen LogP contribution in [0.2, 0.25) is 0 Å². The Kier molecular flexibility index (Phi) is 6.45. The fraction of sp³-hybridized carbons (Fsp3) is 0.480. The number of epoxide rings is 1. The van der Waals surface area contributed by atoms with E-state index in [-0.39, 0.29) is 18.1 Å². The highest BCUT2D eigenvalue weighted by Gasteiger charge is 2.67. The minimum absolute atomic E-state index is 0.00302. The molecule has 3 rings (SSSR count). The lowest BCUT2D eigenvalue weighted by molar-refractivity contribution is -0.131. The van der Waals surface area contributed by atoms with Crippen LogP contribution >= 0.6 is 0 Å². The summed E-state index contributed by atoms with van der Waals surface area (Å²) in [6.07, 6.45) is 18.7. The Labute approximate surface area is 173 Å². The summed E-state index contributed by atoms with van der Waals surface area (Å²) in [6.45, 7) is 8.13. The second-order valence-electron chi connectivity index (χ2n) is 8.51. The minimum Gasteiger partial charge on any atom is -0.478 e. The number of fused-ring (bicyclic) bond motifs is 3. The lowest BCUT2D eigenvalue weighted by atomic mass is 9.58. The molecule has 1 saturated heterocycles. The molecule has 2 aliphatic carbocycles. The Morgan fingerprint density at radius 2 is 1.93 bits per heavy atom. The Bertz CT molecular complexity index is 826. The third-order valence-electron chi connectivity index (χ3n) is 6.65. The molecule has 29 heavy (non-hydrogen) atoms. The summed E-state index contributed by atoms with van der Waals surface area (Å²) in [7, 11) is 0. The largest absolute Gasteiger partial charge is 0.478 e. The number of hydrogen-bond acceptors (Lipinski definition) is 3. The van der Waals surface area contributed by atoms with Crippen LogP contribution < -0.4 is 0 Å². The lowest BCUT2D eigenvalue weighted by Crippen LogP contribution is -2.54. The van der Waals surface area contributed by atoms with Crippen LogP contribution in [0.15, 0.2) is 71.4 Å². The molecular formula is C25H32O4. The molecule has 1 heterocycles. The standard InChI is InChI=1S/C25H32O4/c1-5-18(4)25(28)21(11-8-10-16(2)9-6-7-12-22(26)27)19-14-13-17(3)15-20(19)23-24(25)29-23/h5-13,19-21,23-24,28H,14-15H2,1-4H3,(H,26,27)/b9-6+,11-8+,12-7+,16-10-,18-5+/t19-,20-,21+,23+,24+,25-/m1/s1. The van der Waals surface area contributed by atoms with Gasteiger partial charge in [0.2, 0.25) is 0 Å². The molecule has 0 aromatic rings. The molecule has 0 aromatic carbocycles. The van der Waals surface area contributed by atoms with E-state index >= 15 is 0 Å². The van der Waals surface area contributed by atoms with E-state index in [0.29, 0.717) is 11.8 Å². The second kappa shape index (κ2) is 8.68. The zero-order chi connectivity index (χ0) is 21.2. The highest BCUT2D eigenvalue weighted by molar-refractivity contribution is 5.80. The Balaban J connectivity index is 1.84. The molecule has 2 N–H and O–H groups in total. The number of ether oxygens (including phenoxy) is 1. The van der Waals surface area contributed by atoms with E-state index in [0.717, 1.165) is 30.1 Å².